The summed E-state index contributed by atoms with van der Waals surface area (Å²) in [5.74, 6) is -0.754. The van der Waals surface area contributed by atoms with Crippen molar-refractivity contribution in [2.45, 2.75) is 11.1 Å². The number of non-ortho nitro benzene ring substituents is 1. The van der Waals surface area contributed by atoms with Crippen LogP contribution in [0.2, 0.25) is 5.02 Å². The highest BCUT2D eigenvalue weighted by Crippen LogP contribution is 2.31. The van der Waals surface area contributed by atoms with Crippen LogP contribution in [0.25, 0.3) is 0 Å². The molecule has 0 heterocycles. The average Bonchev–Trinajstić information content (AvgIpc) is 2.73. The number of halogens is 4. The number of rotatable bonds is 6. The molecule has 0 saturated heterocycles. The second kappa shape index (κ2) is 9.08. The zero-order valence-corrected chi connectivity index (χ0v) is 17.8. The Kier molecular flexibility index (Phi) is 6.60. The molecule has 0 aliphatic heterocycles. The summed E-state index contributed by atoms with van der Waals surface area (Å²) in [6.07, 6.45) is -4.65. The van der Waals surface area contributed by atoms with Gasteiger partial charge in [0.15, 0.2) is 0 Å². The quantitative estimate of drug-likeness (QED) is 0.351. The van der Waals surface area contributed by atoms with E-state index in [9.17, 15) is 36.5 Å². The molecule has 0 aromatic heterocycles. The number of hydrogen-bond donors (Lipinski definition) is 2. The summed E-state index contributed by atoms with van der Waals surface area (Å²) in [6, 6.07) is 11.9. The largest absolute Gasteiger partial charge is 0.416 e. The molecule has 0 fully saturated rings. The molecule has 0 radical (unpaired) electrons. The van der Waals surface area contributed by atoms with E-state index in [-0.39, 0.29) is 32.5 Å². The van der Waals surface area contributed by atoms with Crippen molar-refractivity contribution in [2.75, 3.05) is 10.0 Å². The van der Waals surface area contributed by atoms with Crippen LogP contribution in [0.5, 0.6) is 0 Å². The SMILES string of the molecule is O=C(Nc1cccc(S(=O)(=O)Nc2cccc(C(F)(F)F)c2)c1)c1ccc([N+](=O)[O-])cc1Cl. The second-order valence-electron chi connectivity index (χ2n) is 6.59. The van der Waals surface area contributed by atoms with Gasteiger partial charge in [0.05, 0.1) is 26.0 Å². The van der Waals surface area contributed by atoms with E-state index in [1.165, 1.54) is 18.2 Å². The van der Waals surface area contributed by atoms with Gasteiger partial charge in [-0.3, -0.25) is 19.6 Å². The monoisotopic (exact) mass is 499 g/mol. The van der Waals surface area contributed by atoms with Gasteiger partial charge >= 0.3 is 6.18 Å². The van der Waals surface area contributed by atoms with E-state index in [0.29, 0.717) is 6.07 Å². The van der Waals surface area contributed by atoms with Gasteiger partial charge < -0.3 is 5.32 Å². The van der Waals surface area contributed by atoms with Gasteiger partial charge in [0.2, 0.25) is 0 Å². The molecule has 1 amide bonds. The predicted molar refractivity (Wildman–Crippen MR) is 115 cm³/mol. The first kappa shape index (κ1) is 24.0. The number of carbonyl (C=O) groups excluding carboxylic acids is 1. The number of anilines is 2. The van der Waals surface area contributed by atoms with Gasteiger partial charge in [-0.1, -0.05) is 23.7 Å². The Hall–Kier alpha value is -3.64. The minimum atomic E-state index is -4.65. The zero-order valence-electron chi connectivity index (χ0n) is 16.3. The van der Waals surface area contributed by atoms with Crippen LogP contribution >= 0.6 is 11.6 Å². The van der Waals surface area contributed by atoms with Crippen LogP contribution in [0, 0.1) is 10.1 Å². The smallest absolute Gasteiger partial charge is 0.322 e. The Balaban J connectivity index is 1.82. The topological polar surface area (TPSA) is 118 Å². The van der Waals surface area contributed by atoms with E-state index < -0.39 is 32.6 Å². The van der Waals surface area contributed by atoms with Crippen LogP contribution in [-0.2, 0) is 16.2 Å². The summed E-state index contributed by atoms with van der Waals surface area (Å²) in [5.41, 5.74) is -1.68. The van der Waals surface area contributed by atoms with E-state index in [0.717, 1.165) is 42.5 Å². The normalized spacial score (nSPS) is 11.6. The summed E-state index contributed by atoms with van der Waals surface area (Å²) in [4.78, 5) is 22.2. The lowest BCUT2D eigenvalue weighted by molar-refractivity contribution is -0.384. The van der Waals surface area contributed by atoms with E-state index >= 15 is 0 Å². The van der Waals surface area contributed by atoms with Gasteiger partial charge in [0.25, 0.3) is 21.6 Å². The molecule has 3 rings (SSSR count). The number of hydrogen-bond acceptors (Lipinski definition) is 5. The summed E-state index contributed by atoms with van der Waals surface area (Å²) in [7, 11) is -4.29. The molecule has 2 N–H and O–H groups in total. The fourth-order valence-corrected chi connectivity index (χ4v) is 4.07. The van der Waals surface area contributed by atoms with Crippen molar-refractivity contribution in [3.63, 3.8) is 0 Å². The lowest BCUT2D eigenvalue weighted by atomic mass is 10.2. The maximum Gasteiger partial charge on any atom is 0.416 e. The number of amides is 1. The summed E-state index contributed by atoms with van der Waals surface area (Å²) in [6.45, 7) is 0. The highest BCUT2D eigenvalue weighted by atomic mass is 35.5. The molecular formula is C20H13ClF3N3O5S. The van der Waals surface area contributed by atoms with Crippen molar-refractivity contribution in [1.29, 1.82) is 0 Å². The van der Waals surface area contributed by atoms with E-state index in [1.807, 2.05) is 0 Å². The van der Waals surface area contributed by atoms with E-state index in [4.69, 9.17) is 11.6 Å². The minimum Gasteiger partial charge on any atom is -0.322 e. The summed E-state index contributed by atoms with van der Waals surface area (Å²) in [5, 5.41) is 13.0. The molecule has 3 aromatic carbocycles. The third-order valence-corrected chi connectivity index (χ3v) is 5.94. The van der Waals surface area contributed by atoms with Crippen molar-refractivity contribution in [2.24, 2.45) is 0 Å². The van der Waals surface area contributed by atoms with Gasteiger partial charge in [-0.15, -0.1) is 0 Å². The number of nitrogens with one attached hydrogen (secondary N) is 2. The first-order valence-electron chi connectivity index (χ1n) is 8.92. The lowest BCUT2D eigenvalue weighted by Gasteiger charge is -2.12. The molecule has 0 atom stereocenters. The molecular weight excluding hydrogens is 487 g/mol. The maximum atomic E-state index is 12.9. The fourth-order valence-electron chi connectivity index (χ4n) is 2.71. The first-order chi connectivity index (χ1) is 15.4. The average molecular weight is 500 g/mol. The molecule has 13 heteroatoms. The third kappa shape index (κ3) is 5.79. The number of benzene rings is 3. The number of nitro benzene ring substituents is 1. The van der Waals surface area contributed by atoms with Crippen molar-refractivity contribution in [3.8, 4) is 0 Å². The molecule has 0 aliphatic carbocycles. The van der Waals surface area contributed by atoms with Crippen LogP contribution < -0.4 is 10.0 Å². The van der Waals surface area contributed by atoms with E-state index in [2.05, 4.69) is 10.0 Å². The van der Waals surface area contributed by atoms with Gasteiger partial charge in [-0.25, -0.2) is 8.42 Å². The second-order valence-corrected chi connectivity index (χ2v) is 8.68. The van der Waals surface area contributed by atoms with Gasteiger partial charge in [-0.05, 0) is 42.5 Å². The van der Waals surface area contributed by atoms with Gasteiger partial charge in [0.1, 0.15) is 0 Å². The number of nitrogens with zero attached hydrogens (tertiary/aromatic N) is 1. The molecule has 0 spiro atoms. The maximum absolute atomic E-state index is 12.9. The molecule has 8 nitrogen and oxygen atoms in total. The Bertz CT molecular complexity index is 1350. The minimum absolute atomic E-state index is 0.0429. The van der Waals surface area contributed by atoms with Crippen LogP contribution in [0.4, 0.5) is 30.2 Å². The predicted octanol–water partition coefficient (Wildman–Crippen LogP) is 5.32. The van der Waals surface area contributed by atoms with Gasteiger partial charge in [-0.2, -0.15) is 13.2 Å². The Labute approximate surface area is 190 Å². The molecule has 33 heavy (non-hydrogen) atoms. The van der Waals surface area contributed by atoms with E-state index in [1.54, 1.807) is 0 Å². The Morgan fingerprint density at radius 3 is 2.27 bits per heavy atom. The van der Waals surface area contributed by atoms with Crippen LogP contribution in [-0.4, -0.2) is 19.2 Å². The van der Waals surface area contributed by atoms with Crippen molar-refractivity contribution < 1.29 is 31.3 Å². The molecule has 0 bridgehead atoms. The van der Waals surface area contributed by atoms with Gasteiger partial charge in [0, 0.05) is 23.5 Å². The Morgan fingerprint density at radius 1 is 0.970 bits per heavy atom. The van der Waals surface area contributed by atoms with Crippen LogP contribution in [0.15, 0.2) is 71.6 Å². The number of alkyl halides is 3. The molecule has 0 saturated carbocycles. The van der Waals surface area contributed by atoms with Crippen molar-refractivity contribution in [3.05, 3.63) is 93.0 Å². The number of sulfonamides is 1. The van der Waals surface area contributed by atoms with Crippen LogP contribution in [0.3, 0.4) is 0 Å². The van der Waals surface area contributed by atoms with Crippen molar-refractivity contribution >= 4 is 44.6 Å². The van der Waals surface area contributed by atoms with Crippen molar-refractivity contribution in [1.82, 2.24) is 0 Å². The standard InChI is InChI=1S/C20H13ClF3N3O5S/c21-18-11-15(27(29)30)7-8-17(18)19(28)25-13-4-2-6-16(10-13)33(31,32)26-14-5-1-3-12(9-14)20(22,23)24/h1-11,26H,(H,25,28). The molecule has 172 valence electrons. The number of nitro groups is 1. The first-order valence-corrected chi connectivity index (χ1v) is 10.8. The molecule has 0 unspecified atom stereocenters. The fraction of sp³-hybridized carbons (Fsp3) is 0.0500. The summed E-state index contributed by atoms with van der Waals surface area (Å²) < 4.78 is 65.9. The number of carbonyl (C=O) groups is 1. The summed E-state index contributed by atoms with van der Waals surface area (Å²) >= 11 is 5.92. The molecule has 0 aliphatic rings. The lowest BCUT2D eigenvalue weighted by Crippen LogP contribution is -2.16. The Morgan fingerprint density at radius 2 is 1.64 bits per heavy atom. The third-order valence-electron chi connectivity index (χ3n) is 4.25. The zero-order chi connectivity index (χ0) is 24.4. The highest BCUT2D eigenvalue weighted by Gasteiger charge is 2.30. The van der Waals surface area contributed by atoms with Crippen LogP contribution in [0.1, 0.15) is 15.9 Å². The highest BCUT2D eigenvalue weighted by molar-refractivity contribution is 7.92. The molecule has 3 aromatic rings.